The molecule has 2 atom stereocenters. The summed E-state index contributed by atoms with van der Waals surface area (Å²) < 4.78 is 37.9. The number of rotatable bonds is 4. The second-order valence-corrected chi connectivity index (χ2v) is 3.60. The number of halogens is 3. The molecule has 1 aromatic rings. The monoisotopic (exact) mass is 264 g/mol. The van der Waals surface area contributed by atoms with E-state index < -0.39 is 41.9 Å². The van der Waals surface area contributed by atoms with E-state index in [1.165, 1.54) is 6.07 Å². The van der Waals surface area contributed by atoms with E-state index in [0.717, 1.165) is 18.2 Å². The van der Waals surface area contributed by atoms with Gasteiger partial charge in [0.15, 0.2) is 5.78 Å². The Balaban J connectivity index is 3.14. The van der Waals surface area contributed by atoms with Crippen LogP contribution in [-0.2, 0) is 11.0 Å². The normalized spacial score (nSPS) is 15.2. The predicted molar refractivity (Wildman–Crippen MR) is 54.5 cm³/mol. The smallest absolute Gasteiger partial charge is 0.388 e. The summed E-state index contributed by atoms with van der Waals surface area (Å²) in [5, 5.41) is 27.3. The van der Waals surface area contributed by atoms with Crippen molar-refractivity contribution in [1.29, 1.82) is 0 Å². The number of Topliss-reactive ketones (excluding diaryl/α,β-unsaturated/α-hetero) is 1. The molecule has 0 saturated carbocycles. The van der Waals surface area contributed by atoms with Gasteiger partial charge < -0.3 is 15.3 Å². The van der Waals surface area contributed by atoms with E-state index in [9.17, 15) is 28.2 Å². The minimum absolute atomic E-state index is 0.612. The van der Waals surface area contributed by atoms with Crippen molar-refractivity contribution in [3.05, 3.63) is 35.4 Å². The lowest BCUT2D eigenvalue weighted by atomic mass is 9.96. The van der Waals surface area contributed by atoms with Gasteiger partial charge >= 0.3 is 6.18 Å². The lowest BCUT2D eigenvalue weighted by Gasteiger charge is -2.20. The van der Waals surface area contributed by atoms with Crippen LogP contribution in [0.4, 0.5) is 13.2 Å². The summed E-state index contributed by atoms with van der Waals surface area (Å²) in [6.07, 6.45) is -8.85. The second kappa shape index (κ2) is 5.47. The average molecular weight is 264 g/mol. The molecule has 0 aromatic heterocycles. The summed E-state index contributed by atoms with van der Waals surface area (Å²) in [7, 11) is 0. The highest BCUT2D eigenvalue weighted by atomic mass is 19.4. The van der Waals surface area contributed by atoms with Crippen molar-refractivity contribution in [1.82, 2.24) is 0 Å². The van der Waals surface area contributed by atoms with Gasteiger partial charge in [-0.05, 0) is 11.6 Å². The van der Waals surface area contributed by atoms with E-state index in [1.54, 1.807) is 0 Å². The van der Waals surface area contributed by atoms with Crippen LogP contribution in [0.1, 0.15) is 17.2 Å². The van der Waals surface area contributed by atoms with Gasteiger partial charge in [0, 0.05) is 0 Å². The lowest BCUT2D eigenvalue weighted by Crippen LogP contribution is -2.31. The number of hydrogen-bond acceptors (Lipinski definition) is 4. The predicted octanol–water partition coefficient (Wildman–Crippen LogP) is 0.661. The number of carbonyl (C=O) groups is 1. The summed E-state index contributed by atoms with van der Waals surface area (Å²) >= 11 is 0. The number of aliphatic hydroxyl groups is 3. The maximum Gasteiger partial charge on any atom is 0.416 e. The van der Waals surface area contributed by atoms with Crippen LogP contribution in [0.15, 0.2) is 24.3 Å². The third kappa shape index (κ3) is 3.06. The SMILES string of the molecule is O=C(CO)[C@H](O)[C@@H](O)c1ccccc1C(F)(F)F. The fourth-order valence-corrected chi connectivity index (χ4v) is 1.45. The molecule has 3 N–H and O–H groups in total. The molecule has 0 amide bonds. The summed E-state index contributed by atoms with van der Waals surface area (Å²) in [6.45, 7) is -1.06. The molecule has 0 bridgehead atoms. The van der Waals surface area contributed by atoms with Crippen LogP contribution in [0.3, 0.4) is 0 Å². The van der Waals surface area contributed by atoms with Crippen molar-refractivity contribution < 1.29 is 33.3 Å². The third-order valence-electron chi connectivity index (χ3n) is 2.37. The van der Waals surface area contributed by atoms with E-state index >= 15 is 0 Å². The molecule has 1 rings (SSSR count). The van der Waals surface area contributed by atoms with Crippen LogP contribution in [0.5, 0.6) is 0 Å². The number of ketones is 1. The molecular formula is C11H11F3O4. The zero-order chi connectivity index (χ0) is 13.9. The minimum Gasteiger partial charge on any atom is -0.388 e. The Morgan fingerprint density at radius 3 is 2.28 bits per heavy atom. The van der Waals surface area contributed by atoms with Gasteiger partial charge in [0.25, 0.3) is 0 Å². The largest absolute Gasteiger partial charge is 0.416 e. The highest BCUT2D eigenvalue weighted by Gasteiger charge is 2.37. The van der Waals surface area contributed by atoms with Crippen LogP contribution < -0.4 is 0 Å². The van der Waals surface area contributed by atoms with E-state index in [0.29, 0.717) is 0 Å². The summed E-state index contributed by atoms with van der Waals surface area (Å²) in [6, 6.07) is 4.05. The van der Waals surface area contributed by atoms with Gasteiger partial charge in [0.2, 0.25) is 0 Å². The number of alkyl halides is 3. The van der Waals surface area contributed by atoms with E-state index in [1.807, 2.05) is 0 Å². The molecule has 0 radical (unpaired) electrons. The van der Waals surface area contributed by atoms with Crippen molar-refractivity contribution in [2.45, 2.75) is 18.4 Å². The molecular weight excluding hydrogens is 253 g/mol. The van der Waals surface area contributed by atoms with Crippen molar-refractivity contribution in [3.8, 4) is 0 Å². The van der Waals surface area contributed by atoms with Crippen molar-refractivity contribution in [2.24, 2.45) is 0 Å². The van der Waals surface area contributed by atoms with E-state index in [-0.39, 0.29) is 0 Å². The maximum absolute atomic E-state index is 12.6. The molecule has 1 aromatic carbocycles. The number of aliphatic hydroxyl groups excluding tert-OH is 3. The topological polar surface area (TPSA) is 77.8 Å². The van der Waals surface area contributed by atoms with E-state index in [2.05, 4.69) is 0 Å². The highest BCUT2D eigenvalue weighted by molar-refractivity contribution is 5.84. The van der Waals surface area contributed by atoms with E-state index in [4.69, 9.17) is 5.11 Å². The third-order valence-corrected chi connectivity index (χ3v) is 2.37. The molecule has 0 unspecified atom stereocenters. The summed E-state index contributed by atoms with van der Waals surface area (Å²) in [4.78, 5) is 10.9. The Morgan fingerprint density at radius 2 is 1.78 bits per heavy atom. The van der Waals surface area contributed by atoms with Crippen LogP contribution in [-0.4, -0.2) is 33.8 Å². The van der Waals surface area contributed by atoms with Crippen molar-refractivity contribution in [3.63, 3.8) is 0 Å². The average Bonchev–Trinajstić information content (AvgIpc) is 2.35. The molecule has 18 heavy (non-hydrogen) atoms. The Morgan fingerprint density at radius 1 is 1.22 bits per heavy atom. The first-order chi connectivity index (χ1) is 8.29. The molecule has 0 aliphatic carbocycles. The second-order valence-electron chi connectivity index (χ2n) is 3.60. The molecule has 4 nitrogen and oxygen atoms in total. The fraction of sp³-hybridized carbons (Fsp3) is 0.364. The van der Waals surface area contributed by atoms with Gasteiger partial charge in [-0.2, -0.15) is 13.2 Å². The summed E-state index contributed by atoms with van der Waals surface area (Å²) in [5.41, 5.74) is -1.75. The van der Waals surface area contributed by atoms with Crippen molar-refractivity contribution in [2.75, 3.05) is 6.61 Å². The molecule has 7 heteroatoms. The number of carbonyl (C=O) groups excluding carboxylic acids is 1. The zero-order valence-corrected chi connectivity index (χ0v) is 9.05. The molecule has 0 spiro atoms. The van der Waals surface area contributed by atoms with Crippen LogP contribution >= 0.6 is 0 Å². The first-order valence-corrected chi connectivity index (χ1v) is 4.95. The first kappa shape index (κ1) is 14.6. The quantitative estimate of drug-likeness (QED) is 0.746. The Kier molecular flexibility index (Phi) is 4.44. The summed E-state index contributed by atoms with van der Waals surface area (Å²) in [5.74, 6) is -1.15. The molecule has 0 aliphatic rings. The molecule has 0 fully saturated rings. The van der Waals surface area contributed by atoms with Gasteiger partial charge in [-0.1, -0.05) is 18.2 Å². The minimum atomic E-state index is -4.71. The van der Waals surface area contributed by atoms with Gasteiger partial charge in [-0.3, -0.25) is 4.79 Å². The Bertz CT molecular complexity index is 431. The number of benzene rings is 1. The molecule has 0 saturated heterocycles. The van der Waals surface area contributed by atoms with Crippen LogP contribution in [0.2, 0.25) is 0 Å². The maximum atomic E-state index is 12.6. The molecule has 100 valence electrons. The van der Waals surface area contributed by atoms with Crippen LogP contribution in [0, 0.1) is 0 Å². The standard InChI is InChI=1S/C11H11F3O4/c12-11(13,14)7-4-2-1-3-6(7)9(17)10(18)8(16)5-15/h1-4,9-10,15,17-18H,5H2/t9-,10-/m0/s1. The Labute approximate surface area is 100 Å². The van der Waals surface area contributed by atoms with Gasteiger partial charge in [-0.25, -0.2) is 0 Å². The van der Waals surface area contributed by atoms with Crippen LogP contribution in [0.25, 0.3) is 0 Å². The fourth-order valence-electron chi connectivity index (χ4n) is 1.45. The highest BCUT2D eigenvalue weighted by Crippen LogP contribution is 2.35. The molecule has 0 heterocycles. The lowest BCUT2D eigenvalue weighted by molar-refractivity contribution is -0.143. The first-order valence-electron chi connectivity index (χ1n) is 4.95. The van der Waals surface area contributed by atoms with Gasteiger partial charge in [-0.15, -0.1) is 0 Å². The van der Waals surface area contributed by atoms with Crippen molar-refractivity contribution >= 4 is 5.78 Å². The van der Waals surface area contributed by atoms with Gasteiger partial charge in [0.1, 0.15) is 18.8 Å². The number of hydrogen-bond donors (Lipinski definition) is 3. The molecule has 0 aliphatic heterocycles. The Hall–Kier alpha value is -1.44. The zero-order valence-electron chi connectivity index (χ0n) is 9.05. The van der Waals surface area contributed by atoms with Gasteiger partial charge in [0.05, 0.1) is 5.56 Å².